The molecule has 0 aromatic carbocycles. The highest BCUT2D eigenvalue weighted by molar-refractivity contribution is 8.00. The number of hydrogen-bond acceptors (Lipinski definition) is 4. The van der Waals surface area contributed by atoms with Crippen LogP contribution >= 0.6 is 11.8 Å². The summed E-state index contributed by atoms with van der Waals surface area (Å²) in [6.45, 7) is 5.18. The largest absolute Gasteiger partial charge is 0.464 e. The zero-order valence-electron chi connectivity index (χ0n) is 7.91. The summed E-state index contributed by atoms with van der Waals surface area (Å²) in [6.07, 6.45) is 3.99. The fourth-order valence-corrected chi connectivity index (χ4v) is 1.34. The van der Waals surface area contributed by atoms with Crippen LogP contribution < -0.4 is 0 Å². The molecule has 74 valence electrons. The summed E-state index contributed by atoms with van der Waals surface area (Å²) in [4.78, 5) is 22.1. The highest BCUT2D eigenvalue weighted by Crippen LogP contribution is 2.09. The number of thioether (sulfide) groups is 1. The lowest BCUT2D eigenvalue weighted by molar-refractivity contribution is -0.144. The second-order valence-electron chi connectivity index (χ2n) is 2.47. The summed E-state index contributed by atoms with van der Waals surface area (Å²) in [6, 6.07) is 0. The number of Topliss-reactive ketones (excluding diaryl/α,β-unsaturated/α-hetero) is 1. The van der Waals surface area contributed by atoms with Gasteiger partial charge in [0.05, 0.1) is 6.61 Å². The van der Waals surface area contributed by atoms with Crippen LogP contribution in [-0.4, -0.2) is 29.9 Å². The highest BCUT2D eigenvalue weighted by atomic mass is 32.2. The molecule has 1 unspecified atom stereocenters. The molecular weight excluding hydrogens is 188 g/mol. The molecule has 0 aliphatic heterocycles. The van der Waals surface area contributed by atoms with Crippen molar-refractivity contribution >= 4 is 23.5 Å². The highest BCUT2D eigenvalue weighted by Gasteiger charge is 2.23. The normalized spacial score (nSPS) is 11.8. The van der Waals surface area contributed by atoms with E-state index in [2.05, 4.69) is 6.58 Å². The van der Waals surface area contributed by atoms with E-state index < -0.39 is 11.2 Å². The predicted octanol–water partition coefficient (Wildman–Crippen LogP) is 1.43. The van der Waals surface area contributed by atoms with Gasteiger partial charge in [-0.15, -0.1) is 18.3 Å². The van der Waals surface area contributed by atoms with Crippen molar-refractivity contribution in [1.29, 1.82) is 0 Å². The molecule has 0 bridgehead atoms. The number of ether oxygens (including phenoxy) is 1. The van der Waals surface area contributed by atoms with Crippen LogP contribution in [0, 0.1) is 0 Å². The fourth-order valence-electron chi connectivity index (χ4n) is 0.747. The summed E-state index contributed by atoms with van der Waals surface area (Å²) in [5, 5.41) is -0.676. The molecule has 0 radical (unpaired) electrons. The molecule has 0 aromatic heterocycles. The smallest absolute Gasteiger partial charge is 0.326 e. The van der Waals surface area contributed by atoms with E-state index in [9.17, 15) is 9.59 Å². The van der Waals surface area contributed by atoms with Crippen molar-refractivity contribution in [2.75, 3.05) is 12.9 Å². The molecule has 0 fully saturated rings. The van der Waals surface area contributed by atoms with Gasteiger partial charge >= 0.3 is 5.97 Å². The van der Waals surface area contributed by atoms with E-state index in [1.165, 1.54) is 18.7 Å². The monoisotopic (exact) mass is 202 g/mol. The molecule has 0 saturated heterocycles. The zero-order valence-corrected chi connectivity index (χ0v) is 8.73. The molecule has 13 heavy (non-hydrogen) atoms. The zero-order chi connectivity index (χ0) is 10.3. The topological polar surface area (TPSA) is 43.4 Å². The molecule has 0 N–H and O–H groups in total. The first-order valence-corrected chi connectivity index (χ1v) is 5.23. The van der Waals surface area contributed by atoms with Crippen molar-refractivity contribution in [1.82, 2.24) is 0 Å². The number of esters is 1. The minimum absolute atomic E-state index is 0.170. The van der Waals surface area contributed by atoms with E-state index in [0.717, 1.165) is 0 Å². The van der Waals surface area contributed by atoms with Crippen LogP contribution in [0.4, 0.5) is 0 Å². The molecule has 0 rings (SSSR count). The summed E-state index contributed by atoms with van der Waals surface area (Å²) in [5.41, 5.74) is 0. The third-order valence-corrected chi connectivity index (χ3v) is 2.38. The Bertz CT molecular complexity index is 201. The van der Waals surface area contributed by atoms with Crippen LogP contribution in [0.15, 0.2) is 12.7 Å². The predicted molar refractivity (Wildman–Crippen MR) is 53.8 cm³/mol. The van der Waals surface area contributed by atoms with Crippen molar-refractivity contribution in [2.24, 2.45) is 0 Å². The first kappa shape index (κ1) is 12.2. The van der Waals surface area contributed by atoms with Gasteiger partial charge in [0.1, 0.15) is 0 Å². The average Bonchev–Trinajstić information content (AvgIpc) is 2.05. The van der Waals surface area contributed by atoms with Gasteiger partial charge in [-0.05, 0) is 19.6 Å². The Hall–Kier alpha value is -0.770. The minimum atomic E-state index is -0.676. The SMILES string of the molecule is C=CCCOC(=O)C(SC)C(C)=O. The molecule has 0 aliphatic carbocycles. The molecule has 4 heteroatoms. The van der Waals surface area contributed by atoms with Gasteiger partial charge in [0.15, 0.2) is 11.0 Å². The van der Waals surface area contributed by atoms with Crippen molar-refractivity contribution in [2.45, 2.75) is 18.6 Å². The van der Waals surface area contributed by atoms with Gasteiger partial charge in [0.2, 0.25) is 0 Å². The van der Waals surface area contributed by atoms with Crippen LogP contribution in [0.2, 0.25) is 0 Å². The van der Waals surface area contributed by atoms with Crippen molar-refractivity contribution < 1.29 is 14.3 Å². The molecule has 0 aliphatic rings. The van der Waals surface area contributed by atoms with Gasteiger partial charge in [-0.3, -0.25) is 9.59 Å². The molecular formula is C9H14O3S. The summed E-state index contributed by atoms with van der Waals surface area (Å²) in [5.74, 6) is -0.627. The van der Waals surface area contributed by atoms with Crippen LogP contribution in [0.25, 0.3) is 0 Å². The summed E-state index contributed by atoms with van der Waals surface area (Å²) in [7, 11) is 0. The Morgan fingerprint density at radius 1 is 1.62 bits per heavy atom. The minimum Gasteiger partial charge on any atom is -0.464 e. The van der Waals surface area contributed by atoms with Crippen LogP contribution in [0.3, 0.4) is 0 Å². The van der Waals surface area contributed by atoms with E-state index in [1.807, 2.05) is 0 Å². The van der Waals surface area contributed by atoms with Crippen LogP contribution in [-0.2, 0) is 14.3 Å². The standard InChI is InChI=1S/C9H14O3S/c1-4-5-6-12-9(11)8(13-3)7(2)10/h4,8H,1,5-6H2,2-3H3. The molecule has 3 nitrogen and oxygen atoms in total. The number of carbonyl (C=O) groups excluding carboxylic acids is 2. The first-order valence-electron chi connectivity index (χ1n) is 3.94. The second kappa shape index (κ2) is 6.71. The summed E-state index contributed by atoms with van der Waals surface area (Å²) >= 11 is 1.19. The number of hydrogen-bond donors (Lipinski definition) is 0. The number of carbonyl (C=O) groups is 2. The van der Waals surface area contributed by atoms with E-state index in [4.69, 9.17) is 4.74 Å². The van der Waals surface area contributed by atoms with Gasteiger partial charge in [0, 0.05) is 0 Å². The van der Waals surface area contributed by atoms with Gasteiger partial charge < -0.3 is 4.74 Å². The maximum absolute atomic E-state index is 11.2. The molecule has 0 spiro atoms. The maximum atomic E-state index is 11.2. The van der Waals surface area contributed by atoms with Gasteiger partial charge in [-0.2, -0.15) is 0 Å². The third-order valence-electron chi connectivity index (χ3n) is 1.39. The quantitative estimate of drug-likeness (QED) is 0.283. The molecule has 1 atom stereocenters. The lowest BCUT2D eigenvalue weighted by atomic mass is 10.3. The third kappa shape index (κ3) is 4.72. The lowest BCUT2D eigenvalue weighted by Gasteiger charge is -2.09. The second-order valence-corrected chi connectivity index (χ2v) is 3.41. The Morgan fingerprint density at radius 3 is 2.62 bits per heavy atom. The molecule has 0 heterocycles. The van der Waals surface area contributed by atoms with Gasteiger partial charge in [-0.1, -0.05) is 6.08 Å². The molecule has 0 aromatic rings. The molecule has 0 saturated carbocycles. The Kier molecular flexibility index (Phi) is 6.32. The number of rotatable bonds is 6. The van der Waals surface area contributed by atoms with Gasteiger partial charge in [-0.25, -0.2) is 0 Å². The van der Waals surface area contributed by atoms with Crippen LogP contribution in [0.5, 0.6) is 0 Å². The van der Waals surface area contributed by atoms with Crippen LogP contribution in [0.1, 0.15) is 13.3 Å². The van der Waals surface area contributed by atoms with Crippen molar-refractivity contribution in [3.05, 3.63) is 12.7 Å². The Labute approximate surface area is 82.5 Å². The maximum Gasteiger partial charge on any atom is 0.326 e. The van der Waals surface area contributed by atoms with Gasteiger partial charge in [0.25, 0.3) is 0 Å². The first-order chi connectivity index (χ1) is 6.13. The summed E-state index contributed by atoms with van der Waals surface area (Å²) < 4.78 is 4.84. The van der Waals surface area contributed by atoms with E-state index in [0.29, 0.717) is 13.0 Å². The van der Waals surface area contributed by atoms with E-state index in [-0.39, 0.29) is 5.78 Å². The lowest BCUT2D eigenvalue weighted by Crippen LogP contribution is -2.27. The Balaban J connectivity index is 3.91. The average molecular weight is 202 g/mol. The number of ketones is 1. The van der Waals surface area contributed by atoms with E-state index >= 15 is 0 Å². The van der Waals surface area contributed by atoms with E-state index in [1.54, 1.807) is 12.3 Å². The Morgan fingerprint density at radius 2 is 2.23 bits per heavy atom. The molecule has 0 amide bonds. The van der Waals surface area contributed by atoms with Crippen molar-refractivity contribution in [3.8, 4) is 0 Å². The van der Waals surface area contributed by atoms with Crippen molar-refractivity contribution in [3.63, 3.8) is 0 Å². The fraction of sp³-hybridized carbons (Fsp3) is 0.556.